The molecule has 1 N–H and O–H groups in total. The van der Waals surface area contributed by atoms with Gasteiger partial charge in [-0.15, -0.1) is 0 Å². The van der Waals surface area contributed by atoms with Crippen molar-refractivity contribution in [2.75, 3.05) is 13.1 Å². The van der Waals surface area contributed by atoms with Crippen molar-refractivity contribution in [1.82, 2.24) is 5.32 Å². The average Bonchev–Trinajstić information content (AvgIpc) is 3.01. The summed E-state index contributed by atoms with van der Waals surface area (Å²) in [5, 5.41) is 3.27. The Bertz CT molecular complexity index is 137. The lowest BCUT2D eigenvalue weighted by Gasteiger charge is -2.05. The third-order valence-electron chi connectivity index (χ3n) is 3.80. The van der Waals surface area contributed by atoms with Gasteiger partial charge in [0.15, 0.2) is 0 Å². The molecule has 1 saturated heterocycles. The van der Waals surface area contributed by atoms with E-state index in [4.69, 9.17) is 0 Å². The summed E-state index contributed by atoms with van der Waals surface area (Å²) < 4.78 is 0. The van der Waals surface area contributed by atoms with E-state index in [1.54, 1.807) is 0 Å². The van der Waals surface area contributed by atoms with Crippen LogP contribution in [0, 0.1) is 11.8 Å². The second kappa shape index (κ2) is 24.9. The van der Waals surface area contributed by atoms with E-state index in [1.165, 1.54) is 64.5 Å². The average molecular weight is 302 g/mol. The zero-order valence-corrected chi connectivity index (χ0v) is 16.7. The molecular formula is C20H47N. The Hall–Kier alpha value is -0.0400. The number of hydrogen-bond acceptors (Lipinski definition) is 1. The Morgan fingerprint density at radius 3 is 1.76 bits per heavy atom. The van der Waals surface area contributed by atoms with Crippen LogP contribution in [0.3, 0.4) is 0 Å². The van der Waals surface area contributed by atoms with E-state index in [2.05, 4.69) is 46.9 Å². The first kappa shape index (κ1) is 25.9. The summed E-state index contributed by atoms with van der Waals surface area (Å²) in [5.74, 6) is 1.89. The molecule has 0 aromatic rings. The van der Waals surface area contributed by atoms with Gasteiger partial charge in [0.05, 0.1) is 0 Å². The normalized spacial score (nSPS) is 17.4. The highest BCUT2D eigenvalue weighted by atomic mass is 14.9. The predicted molar refractivity (Wildman–Crippen MR) is 102 cm³/mol. The molecule has 0 spiro atoms. The van der Waals surface area contributed by atoms with Crippen LogP contribution in [-0.2, 0) is 0 Å². The molecule has 0 saturated carbocycles. The van der Waals surface area contributed by atoms with Crippen LogP contribution in [0.25, 0.3) is 0 Å². The van der Waals surface area contributed by atoms with Gasteiger partial charge in [-0.25, -0.2) is 0 Å². The standard InChI is InChI=1S/C9H20.C5H11N.C4H10.C2H6/c1-4-6-7-8-9(3)5-2;1-5-2-3-6-4-5;1-3-4-2;1-2/h9H,4-8H2,1-3H3;5-6H,2-4H2,1H3;3-4H2,1-2H3;1-2H3. The van der Waals surface area contributed by atoms with Gasteiger partial charge in [0.1, 0.15) is 0 Å². The third-order valence-corrected chi connectivity index (χ3v) is 3.80. The second-order valence-electron chi connectivity index (χ2n) is 6.11. The van der Waals surface area contributed by atoms with E-state index in [1.807, 2.05) is 13.8 Å². The summed E-state index contributed by atoms with van der Waals surface area (Å²) >= 11 is 0. The van der Waals surface area contributed by atoms with Crippen LogP contribution in [0.1, 0.15) is 107 Å². The van der Waals surface area contributed by atoms with Crippen molar-refractivity contribution in [2.45, 2.75) is 107 Å². The van der Waals surface area contributed by atoms with E-state index in [-0.39, 0.29) is 0 Å². The molecule has 0 amide bonds. The lowest BCUT2D eigenvalue weighted by molar-refractivity contribution is 0.482. The predicted octanol–water partition coefficient (Wildman–Crippen LogP) is 7.06. The highest BCUT2D eigenvalue weighted by Crippen LogP contribution is 2.11. The van der Waals surface area contributed by atoms with Crippen LogP contribution >= 0.6 is 0 Å². The van der Waals surface area contributed by atoms with Crippen LogP contribution in [0.2, 0.25) is 0 Å². The Morgan fingerprint density at radius 1 is 0.952 bits per heavy atom. The van der Waals surface area contributed by atoms with E-state index in [0.717, 1.165) is 11.8 Å². The van der Waals surface area contributed by atoms with Gasteiger partial charge in [0, 0.05) is 0 Å². The van der Waals surface area contributed by atoms with Crippen molar-refractivity contribution < 1.29 is 0 Å². The first-order valence-corrected chi connectivity index (χ1v) is 9.82. The van der Waals surface area contributed by atoms with Gasteiger partial charge in [-0.1, -0.05) is 100 Å². The van der Waals surface area contributed by atoms with E-state index in [0.29, 0.717) is 0 Å². The molecule has 1 aliphatic rings. The van der Waals surface area contributed by atoms with E-state index in [9.17, 15) is 0 Å². The van der Waals surface area contributed by atoms with Crippen molar-refractivity contribution in [3.05, 3.63) is 0 Å². The van der Waals surface area contributed by atoms with Crippen LogP contribution in [0.4, 0.5) is 0 Å². The molecule has 1 fully saturated rings. The largest absolute Gasteiger partial charge is 0.316 e. The third kappa shape index (κ3) is 28.8. The maximum atomic E-state index is 3.27. The second-order valence-corrected chi connectivity index (χ2v) is 6.11. The smallest absolute Gasteiger partial charge is 0.00227 e. The summed E-state index contributed by atoms with van der Waals surface area (Å²) in [7, 11) is 0. The number of unbranched alkanes of at least 4 members (excludes halogenated alkanes) is 3. The van der Waals surface area contributed by atoms with Crippen LogP contribution in [-0.4, -0.2) is 13.1 Å². The Morgan fingerprint density at radius 2 is 1.52 bits per heavy atom. The Kier molecular flexibility index (Phi) is 30.8. The summed E-state index contributed by atoms with van der Waals surface area (Å²) in [4.78, 5) is 0. The molecule has 1 heterocycles. The zero-order chi connectivity index (χ0) is 16.9. The highest BCUT2D eigenvalue weighted by molar-refractivity contribution is 4.65. The minimum atomic E-state index is 0.935. The van der Waals surface area contributed by atoms with Crippen LogP contribution < -0.4 is 5.32 Å². The quantitative estimate of drug-likeness (QED) is 0.518. The van der Waals surface area contributed by atoms with Crippen molar-refractivity contribution in [2.24, 2.45) is 11.8 Å². The minimum absolute atomic E-state index is 0.935. The summed E-state index contributed by atoms with van der Waals surface area (Å²) in [6, 6.07) is 0. The maximum absolute atomic E-state index is 3.27. The van der Waals surface area contributed by atoms with Crippen LogP contribution in [0.5, 0.6) is 0 Å². The molecule has 0 radical (unpaired) electrons. The number of hydrogen-bond donors (Lipinski definition) is 1. The lowest BCUT2D eigenvalue weighted by atomic mass is 10.0. The first-order chi connectivity index (χ1) is 10.1. The first-order valence-electron chi connectivity index (χ1n) is 9.82. The molecular weight excluding hydrogens is 254 g/mol. The Balaban J connectivity index is -0.000000233. The number of nitrogens with one attached hydrogen (secondary N) is 1. The van der Waals surface area contributed by atoms with E-state index >= 15 is 0 Å². The minimum Gasteiger partial charge on any atom is -0.316 e. The van der Waals surface area contributed by atoms with Gasteiger partial charge in [-0.2, -0.15) is 0 Å². The molecule has 0 aliphatic carbocycles. The fourth-order valence-electron chi connectivity index (χ4n) is 1.75. The fraction of sp³-hybridized carbons (Fsp3) is 1.00. The molecule has 1 heteroatoms. The van der Waals surface area contributed by atoms with Gasteiger partial charge < -0.3 is 5.32 Å². The molecule has 132 valence electrons. The van der Waals surface area contributed by atoms with Gasteiger partial charge >= 0.3 is 0 Å². The molecule has 1 nitrogen and oxygen atoms in total. The van der Waals surface area contributed by atoms with Crippen molar-refractivity contribution in [3.8, 4) is 0 Å². The molecule has 0 bridgehead atoms. The van der Waals surface area contributed by atoms with Gasteiger partial charge in [-0.05, 0) is 31.3 Å². The molecule has 0 aromatic carbocycles. The maximum Gasteiger partial charge on any atom is -0.00227 e. The van der Waals surface area contributed by atoms with Gasteiger partial charge in [0.2, 0.25) is 0 Å². The van der Waals surface area contributed by atoms with Crippen molar-refractivity contribution in [1.29, 1.82) is 0 Å². The zero-order valence-electron chi connectivity index (χ0n) is 16.7. The number of rotatable bonds is 6. The molecule has 0 aromatic heterocycles. The van der Waals surface area contributed by atoms with Gasteiger partial charge in [-0.3, -0.25) is 0 Å². The summed E-state index contributed by atoms with van der Waals surface area (Å²) in [5.41, 5.74) is 0. The lowest BCUT2D eigenvalue weighted by Crippen LogP contribution is -2.06. The van der Waals surface area contributed by atoms with Crippen molar-refractivity contribution in [3.63, 3.8) is 0 Å². The molecule has 21 heavy (non-hydrogen) atoms. The fourth-order valence-corrected chi connectivity index (χ4v) is 1.75. The molecule has 2 unspecified atom stereocenters. The molecule has 2 atom stereocenters. The van der Waals surface area contributed by atoms with Crippen LogP contribution in [0.15, 0.2) is 0 Å². The highest BCUT2D eigenvalue weighted by Gasteiger charge is 2.06. The van der Waals surface area contributed by atoms with E-state index < -0.39 is 0 Å². The molecule has 1 aliphatic heterocycles. The van der Waals surface area contributed by atoms with Crippen molar-refractivity contribution >= 4 is 0 Å². The topological polar surface area (TPSA) is 12.0 Å². The SMILES string of the molecule is CC.CC1CCNC1.CCCC.CCCCCC(C)CC. The Labute approximate surface area is 137 Å². The molecule has 1 rings (SSSR count). The van der Waals surface area contributed by atoms with Gasteiger partial charge in [0.25, 0.3) is 0 Å². The summed E-state index contributed by atoms with van der Waals surface area (Å²) in [6.45, 7) is 20.0. The monoisotopic (exact) mass is 301 g/mol. The summed E-state index contributed by atoms with van der Waals surface area (Å²) in [6.07, 6.45) is 11.0.